The maximum absolute atomic E-state index is 12.3. The van der Waals surface area contributed by atoms with Gasteiger partial charge < -0.3 is 0 Å². The van der Waals surface area contributed by atoms with Gasteiger partial charge in [0.15, 0.2) is 11.7 Å². The fraction of sp³-hybridized carbons (Fsp3) is 0.333. The molecule has 0 fully saturated rings. The van der Waals surface area contributed by atoms with Crippen LogP contribution in [0.3, 0.4) is 0 Å². The van der Waals surface area contributed by atoms with Crippen molar-refractivity contribution in [2.24, 2.45) is 0 Å². The highest BCUT2D eigenvalue weighted by Crippen LogP contribution is 2.28. The Kier molecular flexibility index (Phi) is 1.86. The topological polar surface area (TPSA) is 0 Å². The molecule has 0 amide bonds. The minimum Gasteiger partial charge on any atom is -0.204 e. The molecule has 1 aliphatic carbocycles. The number of hydrogen-bond acceptors (Lipinski definition) is 0. The monoisotopic (exact) mass is 150 g/mol. The van der Waals surface area contributed by atoms with Crippen LogP contribution in [-0.2, 0) is 0 Å². The standard InChI is InChI=1S/C6H5ClF2/c7-4-2-1-3-5(8)6(4)9/h3H,1-2H2. The smallest absolute Gasteiger partial charge is 0.172 e. The molecule has 0 saturated heterocycles. The van der Waals surface area contributed by atoms with E-state index in [1.807, 2.05) is 0 Å². The molecule has 0 aromatic heterocycles. The van der Waals surface area contributed by atoms with Gasteiger partial charge in [-0.05, 0) is 18.9 Å². The minimum absolute atomic E-state index is 0.00463. The molecule has 1 rings (SSSR count). The summed E-state index contributed by atoms with van der Waals surface area (Å²) in [4.78, 5) is 0. The first-order valence-corrected chi connectivity index (χ1v) is 3.00. The second kappa shape index (κ2) is 2.48. The van der Waals surface area contributed by atoms with E-state index in [1.54, 1.807) is 0 Å². The van der Waals surface area contributed by atoms with Gasteiger partial charge >= 0.3 is 0 Å². The van der Waals surface area contributed by atoms with Crippen LogP contribution in [0.4, 0.5) is 8.78 Å². The zero-order chi connectivity index (χ0) is 6.85. The first-order valence-electron chi connectivity index (χ1n) is 2.62. The molecular formula is C6H5ClF2. The maximum Gasteiger partial charge on any atom is 0.172 e. The van der Waals surface area contributed by atoms with E-state index in [-0.39, 0.29) is 5.03 Å². The van der Waals surface area contributed by atoms with Gasteiger partial charge in [-0.15, -0.1) is 0 Å². The summed E-state index contributed by atoms with van der Waals surface area (Å²) in [5.41, 5.74) is 0. The predicted molar refractivity (Wildman–Crippen MR) is 32.4 cm³/mol. The van der Waals surface area contributed by atoms with Crippen LogP contribution in [0.5, 0.6) is 0 Å². The van der Waals surface area contributed by atoms with Crippen LogP contribution in [0.15, 0.2) is 22.8 Å². The Morgan fingerprint density at radius 3 is 2.56 bits per heavy atom. The fourth-order valence-corrected chi connectivity index (χ4v) is 0.854. The van der Waals surface area contributed by atoms with Crippen molar-refractivity contribution in [3.8, 4) is 0 Å². The van der Waals surface area contributed by atoms with E-state index in [2.05, 4.69) is 0 Å². The Morgan fingerprint density at radius 2 is 2.11 bits per heavy atom. The van der Waals surface area contributed by atoms with Gasteiger partial charge in [-0.3, -0.25) is 0 Å². The van der Waals surface area contributed by atoms with Gasteiger partial charge in [0.2, 0.25) is 0 Å². The van der Waals surface area contributed by atoms with Gasteiger partial charge in [0, 0.05) is 0 Å². The van der Waals surface area contributed by atoms with Crippen LogP contribution >= 0.6 is 11.6 Å². The zero-order valence-corrected chi connectivity index (χ0v) is 5.38. The van der Waals surface area contributed by atoms with Crippen LogP contribution in [-0.4, -0.2) is 0 Å². The third-order valence-electron chi connectivity index (χ3n) is 1.14. The lowest BCUT2D eigenvalue weighted by atomic mass is 10.2. The third kappa shape index (κ3) is 1.30. The lowest BCUT2D eigenvalue weighted by Gasteiger charge is -2.03. The molecule has 3 heteroatoms. The average molecular weight is 151 g/mol. The van der Waals surface area contributed by atoms with Gasteiger partial charge in [-0.25, -0.2) is 8.78 Å². The van der Waals surface area contributed by atoms with E-state index >= 15 is 0 Å². The van der Waals surface area contributed by atoms with Gasteiger partial charge in [0.25, 0.3) is 0 Å². The number of hydrogen-bond donors (Lipinski definition) is 0. The second-order valence-corrected chi connectivity index (χ2v) is 2.27. The highest BCUT2D eigenvalue weighted by Gasteiger charge is 2.13. The van der Waals surface area contributed by atoms with E-state index in [9.17, 15) is 8.78 Å². The molecule has 0 heterocycles. The Morgan fingerprint density at radius 1 is 1.44 bits per heavy atom. The summed E-state index contributed by atoms with van der Waals surface area (Å²) in [5.74, 6) is -1.73. The lowest BCUT2D eigenvalue weighted by Crippen LogP contribution is -1.88. The van der Waals surface area contributed by atoms with Gasteiger partial charge in [-0.2, -0.15) is 0 Å². The molecule has 9 heavy (non-hydrogen) atoms. The zero-order valence-electron chi connectivity index (χ0n) is 4.63. The van der Waals surface area contributed by atoms with Crippen LogP contribution in [0, 0.1) is 0 Å². The summed E-state index contributed by atoms with van der Waals surface area (Å²) >= 11 is 5.29. The number of allylic oxidation sites excluding steroid dienone is 4. The fourth-order valence-electron chi connectivity index (χ4n) is 0.655. The Balaban J connectivity index is 2.88. The van der Waals surface area contributed by atoms with Crippen LogP contribution in [0.25, 0.3) is 0 Å². The summed E-state index contributed by atoms with van der Waals surface area (Å²) in [7, 11) is 0. The van der Waals surface area contributed by atoms with Gasteiger partial charge in [0.1, 0.15) is 0 Å². The normalized spacial score (nSPS) is 20.1. The van der Waals surface area contributed by atoms with Crippen LogP contribution in [0.1, 0.15) is 12.8 Å². The first kappa shape index (κ1) is 6.75. The van der Waals surface area contributed by atoms with Crippen molar-refractivity contribution in [2.45, 2.75) is 12.8 Å². The van der Waals surface area contributed by atoms with Crippen molar-refractivity contribution in [1.82, 2.24) is 0 Å². The van der Waals surface area contributed by atoms with E-state index in [0.29, 0.717) is 12.8 Å². The van der Waals surface area contributed by atoms with E-state index < -0.39 is 11.7 Å². The molecular weight excluding hydrogens is 146 g/mol. The summed E-state index contributed by atoms with van der Waals surface area (Å²) in [6.45, 7) is 0. The quantitative estimate of drug-likeness (QED) is 0.498. The molecule has 0 N–H and O–H groups in total. The van der Waals surface area contributed by atoms with Crippen LogP contribution < -0.4 is 0 Å². The molecule has 1 aliphatic rings. The highest BCUT2D eigenvalue weighted by atomic mass is 35.5. The molecule has 0 unspecified atom stereocenters. The number of halogens is 3. The molecule has 0 aromatic carbocycles. The third-order valence-corrected chi connectivity index (χ3v) is 1.49. The van der Waals surface area contributed by atoms with E-state index in [1.165, 1.54) is 6.08 Å². The largest absolute Gasteiger partial charge is 0.204 e. The molecule has 0 spiro atoms. The maximum atomic E-state index is 12.3. The molecule has 0 aliphatic heterocycles. The first-order chi connectivity index (χ1) is 4.22. The number of rotatable bonds is 0. The van der Waals surface area contributed by atoms with Crippen LogP contribution in [0.2, 0.25) is 0 Å². The van der Waals surface area contributed by atoms with Gasteiger partial charge in [-0.1, -0.05) is 11.6 Å². The van der Waals surface area contributed by atoms with Crippen molar-refractivity contribution in [3.05, 3.63) is 22.8 Å². The predicted octanol–water partition coefficient (Wildman–Crippen LogP) is 3.05. The minimum atomic E-state index is -0.900. The molecule has 0 atom stereocenters. The summed E-state index contributed by atoms with van der Waals surface area (Å²) in [5, 5.41) is -0.00463. The summed E-state index contributed by atoms with van der Waals surface area (Å²) in [6, 6.07) is 0. The molecule has 0 bridgehead atoms. The highest BCUT2D eigenvalue weighted by molar-refractivity contribution is 6.30. The summed E-state index contributed by atoms with van der Waals surface area (Å²) in [6.07, 6.45) is 2.11. The lowest BCUT2D eigenvalue weighted by molar-refractivity contribution is 0.527. The molecule has 0 nitrogen and oxygen atoms in total. The molecule has 0 saturated carbocycles. The van der Waals surface area contributed by atoms with Crippen molar-refractivity contribution in [1.29, 1.82) is 0 Å². The SMILES string of the molecule is FC1=CCCC(Cl)=C1F. The molecule has 0 radical (unpaired) electrons. The van der Waals surface area contributed by atoms with Gasteiger partial charge in [0.05, 0.1) is 5.03 Å². The summed E-state index contributed by atoms with van der Waals surface area (Å²) < 4.78 is 24.4. The average Bonchev–Trinajstić information content (AvgIpc) is 1.83. The van der Waals surface area contributed by atoms with Crippen molar-refractivity contribution in [3.63, 3.8) is 0 Å². The van der Waals surface area contributed by atoms with E-state index in [0.717, 1.165) is 0 Å². The molecule has 50 valence electrons. The van der Waals surface area contributed by atoms with Crippen molar-refractivity contribution >= 4 is 11.6 Å². The van der Waals surface area contributed by atoms with E-state index in [4.69, 9.17) is 11.6 Å². The Hall–Kier alpha value is -0.370. The van der Waals surface area contributed by atoms with Crippen molar-refractivity contribution in [2.75, 3.05) is 0 Å². The Labute approximate surface area is 56.8 Å². The second-order valence-electron chi connectivity index (χ2n) is 1.81. The Bertz CT molecular complexity index is 181. The molecule has 0 aromatic rings. The van der Waals surface area contributed by atoms with Crippen molar-refractivity contribution < 1.29 is 8.78 Å².